The molecule has 0 atom stereocenters. The van der Waals surface area contributed by atoms with Crippen molar-refractivity contribution in [2.24, 2.45) is 0 Å². The zero-order valence-corrected chi connectivity index (χ0v) is 10.9. The van der Waals surface area contributed by atoms with Crippen molar-refractivity contribution in [2.45, 2.75) is 38.5 Å². The van der Waals surface area contributed by atoms with E-state index in [-0.39, 0.29) is 6.10 Å². The molecule has 1 rings (SSSR count). The second kappa shape index (κ2) is 7.96. The zero-order chi connectivity index (χ0) is 13.4. The molecule has 18 heavy (non-hydrogen) atoms. The molecule has 0 aromatic rings. The summed E-state index contributed by atoms with van der Waals surface area (Å²) in [5.74, 6) is 0. The van der Waals surface area contributed by atoms with Gasteiger partial charge in [0.25, 0.3) is 0 Å². The third kappa shape index (κ3) is 7.18. The molecule has 1 N–H and O–H groups in total. The number of nitrogens with one attached hydrogen (secondary N) is 1. The Bertz CT molecular complexity index is 218. The zero-order valence-electron chi connectivity index (χ0n) is 10.9. The molecule has 1 fully saturated rings. The van der Waals surface area contributed by atoms with Gasteiger partial charge in [0, 0.05) is 6.54 Å². The molecule has 0 radical (unpaired) electrons. The van der Waals surface area contributed by atoms with Crippen molar-refractivity contribution in [1.82, 2.24) is 10.2 Å². The van der Waals surface area contributed by atoms with Gasteiger partial charge in [0.1, 0.15) is 0 Å². The van der Waals surface area contributed by atoms with E-state index >= 15 is 0 Å². The number of piperidine rings is 1. The van der Waals surface area contributed by atoms with Gasteiger partial charge < -0.3 is 10.1 Å². The largest absolute Gasteiger partial charge is 0.401 e. The molecule has 0 amide bonds. The van der Waals surface area contributed by atoms with Crippen molar-refractivity contribution in [3.8, 4) is 0 Å². The molecule has 0 aromatic carbocycles. The average molecular weight is 268 g/mol. The van der Waals surface area contributed by atoms with Gasteiger partial charge in [0.2, 0.25) is 0 Å². The highest BCUT2D eigenvalue weighted by molar-refractivity contribution is 4.69. The number of rotatable bonds is 7. The molecule has 108 valence electrons. The lowest BCUT2D eigenvalue weighted by molar-refractivity contribution is -0.148. The van der Waals surface area contributed by atoms with Gasteiger partial charge in [-0.3, -0.25) is 4.90 Å². The van der Waals surface area contributed by atoms with Crippen molar-refractivity contribution in [2.75, 3.05) is 39.3 Å². The Hall–Kier alpha value is -0.330. The van der Waals surface area contributed by atoms with Crippen LogP contribution >= 0.6 is 0 Å². The van der Waals surface area contributed by atoms with Gasteiger partial charge in [0.15, 0.2) is 0 Å². The van der Waals surface area contributed by atoms with Crippen LogP contribution in [-0.4, -0.2) is 56.5 Å². The highest BCUT2D eigenvalue weighted by atomic mass is 19.4. The molecule has 0 aliphatic carbocycles. The van der Waals surface area contributed by atoms with E-state index in [0.29, 0.717) is 19.7 Å². The number of hydrogen-bond acceptors (Lipinski definition) is 3. The smallest absolute Gasteiger partial charge is 0.377 e. The molecule has 6 heteroatoms. The first kappa shape index (κ1) is 15.7. The number of alkyl halides is 3. The topological polar surface area (TPSA) is 24.5 Å². The van der Waals surface area contributed by atoms with Crippen LogP contribution in [0, 0.1) is 0 Å². The predicted octanol–water partition coefficient (Wildman–Crippen LogP) is 2.03. The summed E-state index contributed by atoms with van der Waals surface area (Å²) in [6, 6.07) is 0. The van der Waals surface area contributed by atoms with Crippen LogP contribution in [0.5, 0.6) is 0 Å². The molecular weight excluding hydrogens is 245 g/mol. The summed E-state index contributed by atoms with van der Waals surface area (Å²) in [4.78, 5) is 1.42. The molecule has 0 bridgehead atoms. The molecule has 0 spiro atoms. The second-order valence-corrected chi connectivity index (χ2v) is 4.71. The minimum Gasteiger partial charge on any atom is -0.377 e. The van der Waals surface area contributed by atoms with Gasteiger partial charge in [-0.25, -0.2) is 0 Å². The molecule has 1 saturated heterocycles. The van der Waals surface area contributed by atoms with Crippen LogP contribution in [0.15, 0.2) is 0 Å². The van der Waals surface area contributed by atoms with E-state index in [1.807, 2.05) is 6.92 Å². The van der Waals surface area contributed by atoms with Crippen LogP contribution < -0.4 is 5.32 Å². The van der Waals surface area contributed by atoms with Gasteiger partial charge in [0.05, 0.1) is 19.3 Å². The van der Waals surface area contributed by atoms with Crippen molar-refractivity contribution in [1.29, 1.82) is 0 Å². The van der Waals surface area contributed by atoms with E-state index < -0.39 is 12.7 Å². The minimum absolute atomic E-state index is 0.209. The standard InChI is InChI=1S/C12H23F3N2O/c1-2-7-17(10-12(13,14)15)8-9-18-11-3-5-16-6-4-11/h11,16H,2-10H2,1H3. The van der Waals surface area contributed by atoms with E-state index in [1.165, 1.54) is 4.90 Å². The summed E-state index contributed by atoms with van der Waals surface area (Å²) in [5.41, 5.74) is 0. The predicted molar refractivity (Wildman–Crippen MR) is 64.6 cm³/mol. The van der Waals surface area contributed by atoms with Gasteiger partial charge in [-0.1, -0.05) is 6.92 Å². The van der Waals surface area contributed by atoms with E-state index in [1.54, 1.807) is 0 Å². The summed E-state index contributed by atoms with van der Waals surface area (Å²) in [6.07, 6.45) is -1.28. The third-order valence-corrected chi connectivity index (χ3v) is 2.99. The fraction of sp³-hybridized carbons (Fsp3) is 1.00. The highest BCUT2D eigenvalue weighted by Crippen LogP contribution is 2.16. The number of hydrogen-bond donors (Lipinski definition) is 1. The molecule has 3 nitrogen and oxygen atoms in total. The summed E-state index contributed by atoms with van der Waals surface area (Å²) in [5, 5.41) is 3.23. The lowest BCUT2D eigenvalue weighted by atomic mass is 10.1. The molecular formula is C12H23F3N2O. The fourth-order valence-electron chi connectivity index (χ4n) is 2.15. The molecule has 1 aliphatic rings. The lowest BCUT2D eigenvalue weighted by Crippen LogP contribution is -2.38. The van der Waals surface area contributed by atoms with Gasteiger partial charge >= 0.3 is 6.18 Å². The molecule has 0 unspecified atom stereocenters. The molecule has 0 aromatic heterocycles. The summed E-state index contributed by atoms with van der Waals surface area (Å²) in [6.45, 7) is 4.14. The van der Waals surface area contributed by atoms with Crippen molar-refractivity contribution >= 4 is 0 Å². The van der Waals surface area contributed by atoms with E-state index in [4.69, 9.17) is 4.74 Å². The molecule has 1 heterocycles. The maximum atomic E-state index is 12.3. The second-order valence-electron chi connectivity index (χ2n) is 4.71. The normalized spacial score (nSPS) is 18.5. The first-order valence-corrected chi connectivity index (χ1v) is 6.62. The SMILES string of the molecule is CCCN(CCOC1CCNCC1)CC(F)(F)F. The Kier molecular flexibility index (Phi) is 6.96. The number of nitrogens with zero attached hydrogens (tertiary/aromatic N) is 1. The van der Waals surface area contributed by atoms with Crippen molar-refractivity contribution in [3.05, 3.63) is 0 Å². The maximum Gasteiger partial charge on any atom is 0.401 e. The highest BCUT2D eigenvalue weighted by Gasteiger charge is 2.30. The van der Waals surface area contributed by atoms with Crippen LogP contribution in [-0.2, 0) is 4.74 Å². The van der Waals surface area contributed by atoms with E-state index in [2.05, 4.69) is 5.32 Å². The van der Waals surface area contributed by atoms with E-state index in [9.17, 15) is 13.2 Å². The Morgan fingerprint density at radius 1 is 1.22 bits per heavy atom. The maximum absolute atomic E-state index is 12.3. The Balaban J connectivity index is 2.19. The van der Waals surface area contributed by atoms with Gasteiger partial charge in [-0.2, -0.15) is 13.2 Å². The van der Waals surface area contributed by atoms with Crippen LogP contribution in [0.1, 0.15) is 26.2 Å². The average Bonchev–Trinajstić information content (AvgIpc) is 2.28. The van der Waals surface area contributed by atoms with Crippen LogP contribution in [0.2, 0.25) is 0 Å². The third-order valence-electron chi connectivity index (χ3n) is 2.99. The fourth-order valence-corrected chi connectivity index (χ4v) is 2.15. The molecule has 0 saturated carbocycles. The minimum atomic E-state index is -4.12. The first-order valence-electron chi connectivity index (χ1n) is 6.62. The van der Waals surface area contributed by atoms with E-state index in [0.717, 1.165) is 32.4 Å². The monoisotopic (exact) mass is 268 g/mol. The summed E-state index contributed by atoms with van der Waals surface area (Å²) in [7, 11) is 0. The van der Waals surface area contributed by atoms with Crippen LogP contribution in [0.25, 0.3) is 0 Å². The Morgan fingerprint density at radius 2 is 1.89 bits per heavy atom. The summed E-state index contributed by atoms with van der Waals surface area (Å²) >= 11 is 0. The van der Waals surface area contributed by atoms with Crippen LogP contribution in [0.3, 0.4) is 0 Å². The number of ether oxygens (including phenoxy) is 1. The van der Waals surface area contributed by atoms with Crippen LogP contribution in [0.4, 0.5) is 13.2 Å². The summed E-state index contributed by atoms with van der Waals surface area (Å²) < 4.78 is 42.6. The quantitative estimate of drug-likeness (QED) is 0.764. The van der Waals surface area contributed by atoms with Gasteiger partial charge in [-0.05, 0) is 38.9 Å². The lowest BCUT2D eigenvalue weighted by Gasteiger charge is -2.26. The van der Waals surface area contributed by atoms with Gasteiger partial charge in [-0.15, -0.1) is 0 Å². The van der Waals surface area contributed by atoms with Crippen molar-refractivity contribution in [3.63, 3.8) is 0 Å². The Labute approximate surface area is 107 Å². The first-order chi connectivity index (χ1) is 8.51. The number of halogens is 3. The molecule has 1 aliphatic heterocycles. The Morgan fingerprint density at radius 3 is 2.44 bits per heavy atom. The van der Waals surface area contributed by atoms with Crippen molar-refractivity contribution < 1.29 is 17.9 Å².